The van der Waals surface area contributed by atoms with Gasteiger partial charge in [0.25, 0.3) is 0 Å². The molecule has 0 aliphatic carbocycles. The SMILES string of the molecule is CC(C)c1cccc(-n2nc(C(F)(F)F)cc2CN)c1. The van der Waals surface area contributed by atoms with Gasteiger partial charge in [0.05, 0.1) is 11.4 Å². The Kier molecular flexibility index (Phi) is 3.85. The number of aromatic nitrogens is 2. The molecule has 1 aromatic heterocycles. The fourth-order valence-corrected chi connectivity index (χ4v) is 1.94. The fourth-order valence-electron chi connectivity index (χ4n) is 1.94. The van der Waals surface area contributed by atoms with E-state index >= 15 is 0 Å². The van der Waals surface area contributed by atoms with E-state index in [0.29, 0.717) is 11.4 Å². The van der Waals surface area contributed by atoms with Crippen molar-refractivity contribution < 1.29 is 13.2 Å². The molecular weight excluding hydrogens is 267 g/mol. The maximum Gasteiger partial charge on any atom is 0.435 e. The quantitative estimate of drug-likeness (QED) is 0.937. The van der Waals surface area contributed by atoms with E-state index in [9.17, 15) is 13.2 Å². The number of nitrogens with zero attached hydrogens (tertiary/aromatic N) is 2. The minimum Gasteiger partial charge on any atom is -0.325 e. The van der Waals surface area contributed by atoms with E-state index in [-0.39, 0.29) is 12.5 Å². The van der Waals surface area contributed by atoms with E-state index in [4.69, 9.17) is 5.73 Å². The molecule has 1 aromatic carbocycles. The average molecular weight is 283 g/mol. The minimum atomic E-state index is -4.47. The summed E-state index contributed by atoms with van der Waals surface area (Å²) in [5.41, 5.74) is 6.55. The van der Waals surface area contributed by atoms with Crippen LogP contribution in [0.25, 0.3) is 5.69 Å². The summed E-state index contributed by atoms with van der Waals surface area (Å²) in [6.07, 6.45) is -4.47. The van der Waals surface area contributed by atoms with Crippen LogP contribution in [0, 0.1) is 0 Å². The Bertz CT molecular complexity index is 600. The van der Waals surface area contributed by atoms with Crippen LogP contribution in [0.15, 0.2) is 30.3 Å². The number of nitrogens with two attached hydrogens (primary N) is 1. The molecule has 0 amide bonds. The van der Waals surface area contributed by atoms with E-state index in [1.165, 1.54) is 4.68 Å². The molecule has 20 heavy (non-hydrogen) atoms. The maximum atomic E-state index is 12.7. The molecule has 0 saturated heterocycles. The lowest BCUT2D eigenvalue weighted by atomic mass is 10.0. The largest absolute Gasteiger partial charge is 0.435 e. The molecule has 2 aromatic rings. The van der Waals surface area contributed by atoms with Crippen LogP contribution < -0.4 is 5.73 Å². The molecule has 1 heterocycles. The molecule has 0 aliphatic heterocycles. The van der Waals surface area contributed by atoms with Crippen molar-refractivity contribution in [1.82, 2.24) is 9.78 Å². The fraction of sp³-hybridized carbons (Fsp3) is 0.357. The Balaban J connectivity index is 2.52. The third-order valence-electron chi connectivity index (χ3n) is 3.06. The van der Waals surface area contributed by atoms with E-state index in [1.807, 2.05) is 26.0 Å². The zero-order valence-corrected chi connectivity index (χ0v) is 11.3. The van der Waals surface area contributed by atoms with Crippen molar-refractivity contribution in [3.05, 3.63) is 47.3 Å². The highest BCUT2D eigenvalue weighted by Crippen LogP contribution is 2.29. The summed E-state index contributed by atoms with van der Waals surface area (Å²) >= 11 is 0. The van der Waals surface area contributed by atoms with Crippen molar-refractivity contribution in [3.8, 4) is 5.69 Å². The Labute approximate surface area is 115 Å². The second kappa shape index (κ2) is 5.28. The van der Waals surface area contributed by atoms with Crippen LogP contribution in [0.5, 0.6) is 0 Å². The second-order valence-electron chi connectivity index (χ2n) is 4.88. The van der Waals surface area contributed by atoms with Crippen molar-refractivity contribution in [2.75, 3.05) is 0 Å². The molecule has 0 saturated carbocycles. The number of hydrogen-bond donors (Lipinski definition) is 1. The summed E-state index contributed by atoms with van der Waals surface area (Å²) in [4.78, 5) is 0. The average Bonchev–Trinajstić information content (AvgIpc) is 2.82. The van der Waals surface area contributed by atoms with Crippen LogP contribution in [0.3, 0.4) is 0 Å². The third-order valence-corrected chi connectivity index (χ3v) is 3.06. The molecule has 2 N–H and O–H groups in total. The first-order valence-corrected chi connectivity index (χ1v) is 6.29. The number of hydrogen-bond acceptors (Lipinski definition) is 2. The Morgan fingerprint density at radius 1 is 1.25 bits per heavy atom. The molecule has 0 radical (unpaired) electrons. The van der Waals surface area contributed by atoms with Crippen LogP contribution in [0.1, 0.15) is 36.7 Å². The summed E-state index contributed by atoms with van der Waals surface area (Å²) in [6.45, 7) is 4.04. The van der Waals surface area contributed by atoms with E-state index in [0.717, 1.165) is 11.6 Å². The van der Waals surface area contributed by atoms with Gasteiger partial charge in [-0.15, -0.1) is 0 Å². The molecule has 0 unspecified atom stereocenters. The van der Waals surface area contributed by atoms with Crippen LogP contribution in [-0.2, 0) is 12.7 Å². The summed E-state index contributed by atoms with van der Waals surface area (Å²) in [6, 6.07) is 8.28. The van der Waals surface area contributed by atoms with Crippen molar-refractivity contribution in [2.24, 2.45) is 5.73 Å². The lowest BCUT2D eigenvalue weighted by Gasteiger charge is -2.10. The van der Waals surface area contributed by atoms with Gasteiger partial charge in [-0.05, 0) is 29.7 Å². The zero-order chi connectivity index (χ0) is 14.9. The zero-order valence-electron chi connectivity index (χ0n) is 11.3. The first-order chi connectivity index (χ1) is 9.32. The smallest absolute Gasteiger partial charge is 0.325 e. The highest BCUT2D eigenvalue weighted by atomic mass is 19.4. The number of halogens is 3. The molecule has 108 valence electrons. The Morgan fingerprint density at radius 2 is 1.95 bits per heavy atom. The summed E-state index contributed by atoms with van der Waals surface area (Å²) in [5, 5.41) is 3.63. The normalized spacial score (nSPS) is 12.2. The van der Waals surface area contributed by atoms with Gasteiger partial charge in [0, 0.05) is 6.54 Å². The maximum absolute atomic E-state index is 12.7. The molecule has 2 rings (SSSR count). The topological polar surface area (TPSA) is 43.8 Å². The first-order valence-electron chi connectivity index (χ1n) is 6.29. The minimum absolute atomic E-state index is 0.00497. The highest BCUT2D eigenvalue weighted by molar-refractivity contribution is 5.38. The number of benzene rings is 1. The van der Waals surface area contributed by atoms with Gasteiger partial charge in [-0.3, -0.25) is 0 Å². The van der Waals surface area contributed by atoms with Gasteiger partial charge in [-0.2, -0.15) is 18.3 Å². The van der Waals surface area contributed by atoms with Gasteiger partial charge in [0.2, 0.25) is 0 Å². The van der Waals surface area contributed by atoms with E-state index < -0.39 is 11.9 Å². The number of rotatable bonds is 3. The van der Waals surface area contributed by atoms with Crippen LogP contribution in [0.4, 0.5) is 13.2 Å². The van der Waals surface area contributed by atoms with E-state index in [2.05, 4.69) is 5.10 Å². The van der Waals surface area contributed by atoms with Crippen LogP contribution in [-0.4, -0.2) is 9.78 Å². The van der Waals surface area contributed by atoms with Gasteiger partial charge in [0.15, 0.2) is 5.69 Å². The standard InChI is InChI=1S/C14H16F3N3/c1-9(2)10-4-3-5-11(6-10)20-12(8-18)7-13(19-20)14(15,16)17/h3-7,9H,8,18H2,1-2H3. The summed E-state index contributed by atoms with van der Waals surface area (Å²) < 4.78 is 39.4. The summed E-state index contributed by atoms with van der Waals surface area (Å²) in [7, 11) is 0. The molecule has 0 spiro atoms. The van der Waals surface area contributed by atoms with Crippen molar-refractivity contribution >= 4 is 0 Å². The van der Waals surface area contributed by atoms with Crippen molar-refractivity contribution in [2.45, 2.75) is 32.5 Å². The van der Waals surface area contributed by atoms with Gasteiger partial charge >= 0.3 is 6.18 Å². The lowest BCUT2D eigenvalue weighted by Crippen LogP contribution is -2.09. The number of alkyl halides is 3. The van der Waals surface area contributed by atoms with Crippen molar-refractivity contribution in [3.63, 3.8) is 0 Å². The first kappa shape index (κ1) is 14.6. The molecule has 0 bridgehead atoms. The van der Waals surface area contributed by atoms with Gasteiger partial charge in [-0.25, -0.2) is 4.68 Å². The van der Waals surface area contributed by atoms with Crippen LogP contribution in [0.2, 0.25) is 0 Å². The van der Waals surface area contributed by atoms with Gasteiger partial charge in [0.1, 0.15) is 0 Å². The molecule has 0 atom stereocenters. The molecule has 0 aliphatic rings. The Morgan fingerprint density at radius 3 is 2.50 bits per heavy atom. The third kappa shape index (κ3) is 2.85. The van der Waals surface area contributed by atoms with Crippen molar-refractivity contribution in [1.29, 1.82) is 0 Å². The Hall–Kier alpha value is -1.82. The second-order valence-corrected chi connectivity index (χ2v) is 4.88. The molecular formula is C14H16F3N3. The highest BCUT2D eigenvalue weighted by Gasteiger charge is 2.34. The van der Waals surface area contributed by atoms with E-state index in [1.54, 1.807) is 12.1 Å². The predicted molar refractivity (Wildman–Crippen MR) is 70.5 cm³/mol. The summed E-state index contributed by atoms with van der Waals surface area (Å²) in [5.74, 6) is 0.286. The molecule has 6 heteroatoms. The van der Waals surface area contributed by atoms with Gasteiger partial charge in [-0.1, -0.05) is 26.0 Å². The lowest BCUT2D eigenvalue weighted by molar-refractivity contribution is -0.141. The van der Waals surface area contributed by atoms with Gasteiger partial charge < -0.3 is 5.73 Å². The predicted octanol–water partition coefficient (Wildman–Crippen LogP) is 3.47. The molecule has 0 fully saturated rings. The monoisotopic (exact) mass is 283 g/mol. The van der Waals surface area contributed by atoms with Crippen LogP contribution >= 0.6 is 0 Å². The molecule has 3 nitrogen and oxygen atoms in total.